The van der Waals surface area contributed by atoms with Gasteiger partial charge in [-0.1, -0.05) is 0 Å². The Labute approximate surface area is 160 Å². The van der Waals surface area contributed by atoms with E-state index in [0.717, 1.165) is 5.56 Å². The summed E-state index contributed by atoms with van der Waals surface area (Å²) in [6, 6.07) is 6.46. The monoisotopic (exact) mass is 380 g/mol. The maximum absolute atomic E-state index is 14.2. The molecule has 0 aliphatic heterocycles. The summed E-state index contributed by atoms with van der Waals surface area (Å²) in [5, 5.41) is 7.36. The Bertz CT molecular complexity index is 1170. The lowest BCUT2D eigenvalue weighted by molar-refractivity contribution is 0.253. The summed E-state index contributed by atoms with van der Waals surface area (Å²) in [5.74, 6) is -0.441. The van der Waals surface area contributed by atoms with Crippen molar-refractivity contribution >= 4 is 22.4 Å². The summed E-state index contributed by atoms with van der Waals surface area (Å²) in [5.41, 5.74) is 4.62. The van der Waals surface area contributed by atoms with Crippen molar-refractivity contribution in [2.75, 3.05) is 5.32 Å². The molecule has 4 rings (SSSR count). The average Bonchev–Trinajstić information content (AvgIpc) is 3.11. The second kappa shape index (κ2) is 6.95. The number of hydrogen-bond acceptors (Lipinski definition) is 5. The van der Waals surface area contributed by atoms with Gasteiger partial charge in [0.25, 0.3) is 0 Å². The van der Waals surface area contributed by atoms with Crippen LogP contribution in [0.2, 0.25) is 0 Å². The second-order valence-corrected chi connectivity index (χ2v) is 6.55. The molecule has 6 nitrogen and oxygen atoms in total. The highest BCUT2D eigenvalue weighted by Gasteiger charge is 2.15. The van der Waals surface area contributed by atoms with Crippen LogP contribution in [-0.4, -0.2) is 24.7 Å². The van der Waals surface area contributed by atoms with E-state index < -0.39 is 12.1 Å². The molecule has 0 amide bonds. The average molecular weight is 380 g/mol. The van der Waals surface area contributed by atoms with Crippen molar-refractivity contribution in [3.63, 3.8) is 0 Å². The van der Waals surface area contributed by atoms with Crippen LogP contribution >= 0.6 is 0 Å². The first-order valence-corrected chi connectivity index (χ1v) is 8.77. The van der Waals surface area contributed by atoms with Gasteiger partial charge in [0.2, 0.25) is 0 Å². The molecule has 28 heavy (non-hydrogen) atoms. The largest absolute Gasteiger partial charge is 0.353 e. The van der Waals surface area contributed by atoms with E-state index in [1.54, 1.807) is 37.5 Å². The number of rotatable bonds is 4. The van der Waals surface area contributed by atoms with Crippen LogP contribution in [0.15, 0.2) is 42.9 Å². The lowest BCUT2D eigenvalue weighted by Gasteiger charge is -2.14. The van der Waals surface area contributed by atoms with Crippen LogP contribution < -0.4 is 5.32 Å². The standard InChI is InChI=1S/C20H18F2N6/c1-11-9-24-17(19-14(22)5-4-12(2)26-19)8-16(11)27-15-6-7-23-18-10-25-28(13(3)21)20(15)18/h4-10,13H,1-3H3,(H,23,24,27). The summed E-state index contributed by atoms with van der Waals surface area (Å²) in [6.45, 7) is 5.08. The molecule has 4 heterocycles. The highest BCUT2D eigenvalue weighted by Crippen LogP contribution is 2.30. The third-order valence-corrected chi connectivity index (χ3v) is 4.42. The lowest BCUT2D eigenvalue weighted by Crippen LogP contribution is -2.04. The van der Waals surface area contributed by atoms with Crippen LogP contribution in [-0.2, 0) is 0 Å². The van der Waals surface area contributed by atoms with Crippen LogP contribution in [0.1, 0.15) is 24.5 Å². The number of halogens is 2. The van der Waals surface area contributed by atoms with Gasteiger partial charge in [0, 0.05) is 23.8 Å². The van der Waals surface area contributed by atoms with Gasteiger partial charge in [-0.05, 0) is 50.6 Å². The van der Waals surface area contributed by atoms with Gasteiger partial charge >= 0.3 is 0 Å². The summed E-state index contributed by atoms with van der Waals surface area (Å²) in [4.78, 5) is 12.8. The Kier molecular flexibility index (Phi) is 4.46. The molecule has 0 saturated carbocycles. The van der Waals surface area contributed by atoms with Crippen LogP contribution in [0.5, 0.6) is 0 Å². The van der Waals surface area contributed by atoms with E-state index in [-0.39, 0.29) is 5.69 Å². The van der Waals surface area contributed by atoms with Crippen LogP contribution in [0.3, 0.4) is 0 Å². The smallest absolute Gasteiger partial charge is 0.189 e. The molecule has 1 atom stereocenters. The predicted octanol–water partition coefficient (Wildman–Crippen LogP) is 4.88. The molecule has 0 aliphatic carbocycles. The highest BCUT2D eigenvalue weighted by molar-refractivity contribution is 5.90. The summed E-state index contributed by atoms with van der Waals surface area (Å²) < 4.78 is 29.5. The van der Waals surface area contributed by atoms with Gasteiger partial charge in [0.05, 0.1) is 17.6 Å². The van der Waals surface area contributed by atoms with E-state index in [2.05, 4.69) is 25.4 Å². The molecule has 8 heteroatoms. The predicted molar refractivity (Wildman–Crippen MR) is 104 cm³/mol. The third kappa shape index (κ3) is 3.17. The van der Waals surface area contributed by atoms with E-state index in [0.29, 0.717) is 33.8 Å². The Morgan fingerprint density at radius 2 is 1.89 bits per heavy atom. The molecule has 0 spiro atoms. The number of nitrogens with zero attached hydrogens (tertiary/aromatic N) is 5. The zero-order valence-electron chi connectivity index (χ0n) is 15.6. The molecule has 1 unspecified atom stereocenters. The Morgan fingerprint density at radius 3 is 2.68 bits per heavy atom. The van der Waals surface area contributed by atoms with Gasteiger partial charge in [-0.2, -0.15) is 5.10 Å². The SMILES string of the molecule is Cc1ccc(F)c(-c2cc(Nc3ccnc4cnn(C(C)F)c34)c(C)cn2)n1. The second-order valence-electron chi connectivity index (χ2n) is 6.55. The van der Waals surface area contributed by atoms with E-state index in [4.69, 9.17) is 0 Å². The number of aryl methyl sites for hydroxylation is 2. The molecule has 142 valence electrons. The van der Waals surface area contributed by atoms with Crippen molar-refractivity contribution in [2.24, 2.45) is 0 Å². The molecule has 0 aliphatic rings. The molecule has 0 saturated heterocycles. The van der Waals surface area contributed by atoms with Gasteiger partial charge < -0.3 is 5.32 Å². The first kappa shape index (κ1) is 18.0. The maximum Gasteiger partial charge on any atom is 0.189 e. The Balaban J connectivity index is 1.80. The van der Waals surface area contributed by atoms with Crippen molar-refractivity contribution < 1.29 is 8.78 Å². The van der Waals surface area contributed by atoms with Crippen LogP contribution in [0.4, 0.5) is 20.2 Å². The maximum atomic E-state index is 14.2. The van der Waals surface area contributed by atoms with E-state index >= 15 is 0 Å². The third-order valence-electron chi connectivity index (χ3n) is 4.42. The van der Waals surface area contributed by atoms with E-state index in [1.807, 2.05) is 6.92 Å². The molecule has 4 aromatic heterocycles. The van der Waals surface area contributed by atoms with Crippen LogP contribution in [0.25, 0.3) is 22.4 Å². The van der Waals surface area contributed by atoms with Gasteiger partial charge in [0.1, 0.15) is 16.7 Å². The van der Waals surface area contributed by atoms with Gasteiger partial charge in [-0.25, -0.2) is 18.4 Å². The Morgan fingerprint density at radius 1 is 1.07 bits per heavy atom. The fourth-order valence-electron chi connectivity index (χ4n) is 3.00. The zero-order chi connectivity index (χ0) is 19.8. The molecule has 0 radical (unpaired) electrons. The van der Waals surface area contributed by atoms with Crippen molar-refractivity contribution in [3.05, 3.63) is 59.9 Å². The molecular formula is C20H18F2N6. The molecule has 0 fully saturated rings. The summed E-state index contributed by atoms with van der Waals surface area (Å²) in [7, 11) is 0. The van der Waals surface area contributed by atoms with Gasteiger partial charge in [0.15, 0.2) is 12.1 Å². The number of pyridine rings is 3. The molecule has 1 N–H and O–H groups in total. The molecule has 0 bridgehead atoms. The zero-order valence-corrected chi connectivity index (χ0v) is 15.6. The quantitative estimate of drug-likeness (QED) is 0.547. The number of hydrogen-bond donors (Lipinski definition) is 1. The molecular weight excluding hydrogens is 362 g/mol. The topological polar surface area (TPSA) is 68.5 Å². The number of aromatic nitrogens is 5. The summed E-state index contributed by atoms with van der Waals surface area (Å²) >= 11 is 0. The van der Waals surface area contributed by atoms with Gasteiger partial charge in [-0.3, -0.25) is 9.97 Å². The van der Waals surface area contributed by atoms with Crippen LogP contribution in [0, 0.1) is 19.7 Å². The normalized spacial score (nSPS) is 12.3. The number of anilines is 2. The minimum Gasteiger partial charge on any atom is -0.353 e. The minimum absolute atomic E-state index is 0.186. The Hall–Kier alpha value is -3.42. The first-order chi connectivity index (χ1) is 13.4. The fraction of sp³-hybridized carbons (Fsp3) is 0.200. The molecule has 4 aromatic rings. The minimum atomic E-state index is -1.30. The highest BCUT2D eigenvalue weighted by atomic mass is 19.1. The van der Waals surface area contributed by atoms with E-state index in [9.17, 15) is 8.78 Å². The van der Waals surface area contributed by atoms with Crippen molar-refractivity contribution in [1.82, 2.24) is 24.7 Å². The number of alkyl halides is 1. The van der Waals surface area contributed by atoms with E-state index in [1.165, 1.54) is 23.9 Å². The van der Waals surface area contributed by atoms with Crippen molar-refractivity contribution in [2.45, 2.75) is 27.1 Å². The fourth-order valence-corrected chi connectivity index (χ4v) is 3.00. The van der Waals surface area contributed by atoms with Gasteiger partial charge in [-0.15, -0.1) is 0 Å². The summed E-state index contributed by atoms with van der Waals surface area (Å²) in [6.07, 6.45) is 3.49. The lowest BCUT2D eigenvalue weighted by atomic mass is 10.1. The van der Waals surface area contributed by atoms with Crippen molar-refractivity contribution in [3.8, 4) is 11.4 Å². The van der Waals surface area contributed by atoms with Crippen molar-refractivity contribution in [1.29, 1.82) is 0 Å². The number of fused-ring (bicyclic) bond motifs is 1. The molecule has 0 aromatic carbocycles. The first-order valence-electron chi connectivity index (χ1n) is 8.77. The number of nitrogens with one attached hydrogen (secondary N) is 1.